The predicted octanol–water partition coefficient (Wildman–Crippen LogP) is 5.50. The van der Waals surface area contributed by atoms with Crippen molar-refractivity contribution in [1.82, 2.24) is 0 Å². The Morgan fingerprint density at radius 1 is 1.04 bits per heavy atom. The molecule has 1 fully saturated rings. The minimum absolute atomic E-state index is 0.513. The molecule has 0 amide bonds. The molecule has 3 rings (SSSR count). The number of anilines is 4. The molecule has 138 valence electrons. The molecule has 4 N–H and O–H groups in total. The van der Waals surface area contributed by atoms with Crippen molar-refractivity contribution in [3.8, 4) is 0 Å². The van der Waals surface area contributed by atoms with E-state index in [4.69, 9.17) is 29.6 Å². The number of hydrogen-bond acceptors (Lipinski definition) is 3. The van der Waals surface area contributed by atoms with Crippen molar-refractivity contribution in [1.29, 1.82) is 0 Å². The molecule has 26 heavy (non-hydrogen) atoms. The van der Waals surface area contributed by atoms with E-state index in [0.717, 1.165) is 27.8 Å². The number of thiocarbonyl (C=S) groups is 1. The molecule has 1 aliphatic rings. The third-order valence-corrected chi connectivity index (χ3v) is 5.38. The van der Waals surface area contributed by atoms with Gasteiger partial charge in [0.05, 0.1) is 10.7 Å². The molecule has 0 atom stereocenters. The Labute approximate surface area is 165 Å². The number of rotatable bonds is 4. The fourth-order valence-electron chi connectivity index (χ4n) is 3.40. The van der Waals surface area contributed by atoms with Crippen LogP contribution in [0.4, 0.5) is 22.7 Å². The Balaban J connectivity index is 1.63. The molecule has 1 aliphatic carbocycles. The van der Waals surface area contributed by atoms with Crippen LogP contribution in [-0.2, 0) is 0 Å². The van der Waals surface area contributed by atoms with Gasteiger partial charge in [-0.25, -0.2) is 0 Å². The van der Waals surface area contributed by atoms with E-state index >= 15 is 0 Å². The number of nitrogens with one attached hydrogen (secondary N) is 2. The van der Waals surface area contributed by atoms with Crippen LogP contribution in [0.5, 0.6) is 0 Å². The molecule has 1 saturated carbocycles. The van der Waals surface area contributed by atoms with Crippen LogP contribution in [0.2, 0.25) is 5.02 Å². The summed E-state index contributed by atoms with van der Waals surface area (Å²) in [6, 6.07) is 14.0. The van der Waals surface area contributed by atoms with Crippen molar-refractivity contribution in [3.05, 3.63) is 47.5 Å². The number of nitrogens with two attached hydrogens (primary N) is 1. The lowest BCUT2D eigenvalue weighted by Crippen LogP contribution is -2.33. The standard InChI is InChI=1S/C20H25ClN4S/c1-25(17-5-3-2-4-6-17)19-12-11-16(13-18(19)21)24-20(26)23-15-9-7-14(22)8-10-15/h7-13,17H,2-6,22H2,1H3,(H2,23,24,26). The number of benzene rings is 2. The van der Waals surface area contributed by atoms with E-state index in [9.17, 15) is 0 Å². The Morgan fingerprint density at radius 2 is 1.65 bits per heavy atom. The van der Waals surface area contributed by atoms with E-state index in [-0.39, 0.29) is 0 Å². The van der Waals surface area contributed by atoms with Gasteiger partial charge >= 0.3 is 0 Å². The van der Waals surface area contributed by atoms with Crippen molar-refractivity contribution >= 4 is 51.7 Å². The van der Waals surface area contributed by atoms with Gasteiger partial charge in [0.2, 0.25) is 0 Å². The third-order valence-electron chi connectivity index (χ3n) is 4.88. The zero-order valence-corrected chi connectivity index (χ0v) is 16.5. The molecule has 4 nitrogen and oxygen atoms in total. The first-order valence-corrected chi connectivity index (χ1v) is 9.77. The molecule has 0 aliphatic heterocycles. The topological polar surface area (TPSA) is 53.3 Å². The van der Waals surface area contributed by atoms with Crippen molar-refractivity contribution in [2.45, 2.75) is 38.1 Å². The van der Waals surface area contributed by atoms with E-state index in [2.05, 4.69) is 28.6 Å². The highest BCUT2D eigenvalue weighted by molar-refractivity contribution is 7.80. The lowest BCUT2D eigenvalue weighted by Gasteiger charge is -2.33. The molecule has 0 spiro atoms. The molecule has 0 bridgehead atoms. The van der Waals surface area contributed by atoms with Crippen molar-refractivity contribution < 1.29 is 0 Å². The van der Waals surface area contributed by atoms with Gasteiger partial charge in [0.25, 0.3) is 0 Å². The summed E-state index contributed by atoms with van der Waals surface area (Å²) >= 11 is 11.9. The molecule has 0 radical (unpaired) electrons. The van der Waals surface area contributed by atoms with Crippen LogP contribution in [-0.4, -0.2) is 18.2 Å². The summed E-state index contributed by atoms with van der Waals surface area (Å²) in [6.07, 6.45) is 6.43. The maximum atomic E-state index is 6.55. The van der Waals surface area contributed by atoms with Crippen molar-refractivity contribution in [2.24, 2.45) is 0 Å². The second-order valence-electron chi connectivity index (χ2n) is 6.77. The zero-order valence-electron chi connectivity index (χ0n) is 15.0. The molecule has 6 heteroatoms. The van der Waals surface area contributed by atoms with Gasteiger partial charge in [0.15, 0.2) is 5.11 Å². The normalized spacial score (nSPS) is 14.7. The summed E-state index contributed by atoms with van der Waals surface area (Å²) in [6.45, 7) is 0. The largest absolute Gasteiger partial charge is 0.399 e. The monoisotopic (exact) mass is 388 g/mol. The minimum atomic E-state index is 0.513. The van der Waals surface area contributed by atoms with E-state index in [1.165, 1.54) is 32.1 Å². The molecule has 0 saturated heterocycles. The van der Waals surface area contributed by atoms with E-state index in [1.54, 1.807) is 0 Å². The Hall–Kier alpha value is -1.98. The Kier molecular flexibility index (Phi) is 6.22. The van der Waals surface area contributed by atoms with E-state index < -0.39 is 0 Å². The lowest BCUT2D eigenvalue weighted by atomic mass is 9.94. The summed E-state index contributed by atoms with van der Waals surface area (Å²) in [5, 5.41) is 7.56. The SMILES string of the molecule is CN(c1ccc(NC(=S)Nc2ccc(N)cc2)cc1Cl)C1CCCCC1. The fraction of sp³-hybridized carbons (Fsp3) is 0.350. The van der Waals surface area contributed by atoms with Gasteiger partial charge in [-0.05, 0) is 67.5 Å². The van der Waals surface area contributed by atoms with Gasteiger partial charge < -0.3 is 21.3 Å². The summed E-state index contributed by atoms with van der Waals surface area (Å²) in [5.74, 6) is 0. The zero-order chi connectivity index (χ0) is 18.5. The average Bonchev–Trinajstić information content (AvgIpc) is 2.64. The quantitative estimate of drug-likeness (QED) is 0.477. The molecule has 2 aromatic rings. The molecular formula is C20H25ClN4S. The maximum Gasteiger partial charge on any atom is 0.175 e. The molecular weight excluding hydrogens is 364 g/mol. The second-order valence-corrected chi connectivity index (χ2v) is 7.59. The van der Waals surface area contributed by atoms with Gasteiger partial charge in [0.1, 0.15) is 0 Å². The Bertz CT molecular complexity index is 757. The van der Waals surface area contributed by atoms with Gasteiger partial charge in [-0.3, -0.25) is 0 Å². The fourth-order valence-corrected chi connectivity index (χ4v) is 3.95. The number of nitrogen functional groups attached to an aromatic ring is 1. The Morgan fingerprint density at radius 3 is 2.31 bits per heavy atom. The molecule has 0 heterocycles. The molecule has 0 aromatic heterocycles. The van der Waals surface area contributed by atoms with Gasteiger partial charge in [-0.15, -0.1) is 0 Å². The second kappa shape index (κ2) is 8.60. The highest BCUT2D eigenvalue weighted by Gasteiger charge is 2.20. The first-order chi connectivity index (χ1) is 12.5. The number of nitrogens with zero attached hydrogens (tertiary/aromatic N) is 1. The first kappa shape index (κ1) is 18.8. The van der Waals surface area contributed by atoms with Crippen molar-refractivity contribution in [2.75, 3.05) is 28.3 Å². The van der Waals surface area contributed by atoms with Crippen LogP contribution in [0.3, 0.4) is 0 Å². The van der Waals surface area contributed by atoms with E-state index in [0.29, 0.717) is 11.2 Å². The first-order valence-electron chi connectivity index (χ1n) is 8.99. The minimum Gasteiger partial charge on any atom is -0.399 e. The van der Waals surface area contributed by atoms with Crippen LogP contribution < -0.4 is 21.3 Å². The third kappa shape index (κ3) is 4.80. The molecule has 2 aromatic carbocycles. The van der Waals surface area contributed by atoms with Crippen LogP contribution in [0, 0.1) is 0 Å². The van der Waals surface area contributed by atoms with Gasteiger partial charge in [-0.2, -0.15) is 0 Å². The summed E-state index contributed by atoms with van der Waals surface area (Å²) in [7, 11) is 2.14. The highest BCUT2D eigenvalue weighted by atomic mass is 35.5. The van der Waals surface area contributed by atoms with Gasteiger partial charge in [-0.1, -0.05) is 30.9 Å². The lowest BCUT2D eigenvalue weighted by molar-refractivity contribution is 0.427. The predicted molar refractivity (Wildman–Crippen MR) is 117 cm³/mol. The smallest absolute Gasteiger partial charge is 0.175 e. The highest BCUT2D eigenvalue weighted by Crippen LogP contribution is 2.33. The number of hydrogen-bond donors (Lipinski definition) is 3. The summed E-state index contributed by atoms with van der Waals surface area (Å²) < 4.78 is 0. The molecule has 0 unspecified atom stereocenters. The van der Waals surface area contributed by atoms with Crippen LogP contribution in [0.15, 0.2) is 42.5 Å². The van der Waals surface area contributed by atoms with Crippen molar-refractivity contribution in [3.63, 3.8) is 0 Å². The van der Waals surface area contributed by atoms with Crippen LogP contribution in [0.25, 0.3) is 0 Å². The van der Waals surface area contributed by atoms with Crippen LogP contribution in [0.1, 0.15) is 32.1 Å². The number of halogens is 1. The average molecular weight is 389 g/mol. The summed E-state index contributed by atoms with van der Waals surface area (Å²) in [4.78, 5) is 2.32. The van der Waals surface area contributed by atoms with E-state index in [1.807, 2.05) is 36.4 Å². The maximum absolute atomic E-state index is 6.55. The summed E-state index contributed by atoms with van der Waals surface area (Å²) in [5.41, 5.74) is 9.24. The van der Waals surface area contributed by atoms with Gasteiger partial charge in [0, 0.05) is 30.2 Å². The van der Waals surface area contributed by atoms with Crippen LogP contribution >= 0.6 is 23.8 Å².